The summed E-state index contributed by atoms with van der Waals surface area (Å²) in [6.07, 6.45) is 1.33. The standard InChI is InChI=1S/C18H20N2O4S/c1-2-13-3-5-14(6-4-13)19-15-7-9-16(10-8-15)25(22,23)20-17-11-12-24-18(17)21/h3-10,17,19-20H,2,11-12H2,1H3/t17-/m0/s1. The van der Waals surface area contributed by atoms with Gasteiger partial charge in [0, 0.05) is 17.8 Å². The summed E-state index contributed by atoms with van der Waals surface area (Å²) >= 11 is 0. The van der Waals surface area contributed by atoms with Gasteiger partial charge in [-0.25, -0.2) is 8.42 Å². The van der Waals surface area contributed by atoms with Crippen molar-refractivity contribution < 1.29 is 17.9 Å². The molecule has 2 aromatic carbocycles. The lowest BCUT2D eigenvalue weighted by Crippen LogP contribution is -2.37. The van der Waals surface area contributed by atoms with E-state index in [1.807, 2.05) is 24.3 Å². The number of cyclic esters (lactones) is 1. The van der Waals surface area contributed by atoms with Crippen LogP contribution in [0.3, 0.4) is 0 Å². The highest BCUT2D eigenvalue weighted by Crippen LogP contribution is 2.20. The Kier molecular flexibility index (Phi) is 5.06. The molecule has 25 heavy (non-hydrogen) atoms. The lowest BCUT2D eigenvalue weighted by molar-refractivity contribution is -0.139. The number of carbonyl (C=O) groups is 1. The van der Waals surface area contributed by atoms with Crippen LogP contribution in [0.5, 0.6) is 0 Å². The molecule has 0 amide bonds. The predicted molar refractivity (Wildman–Crippen MR) is 95.2 cm³/mol. The monoisotopic (exact) mass is 360 g/mol. The van der Waals surface area contributed by atoms with E-state index in [4.69, 9.17) is 4.74 Å². The van der Waals surface area contributed by atoms with Crippen molar-refractivity contribution in [2.45, 2.75) is 30.7 Å². The highest BCUT2D eigenvalue weighted by Gasteiger charge is 2.31. The van der Waals surface area contributed by atoms with Crippen LogP contribution in [-0.2, 0) is 26.0 Å². The maximum absolute atomic E-state index is 12.3. The van der Waals surface area contributed by atoms with Crippen LogP contribution in [0.15, 0.2) is 53.4 Å². The van der Waals surface area contributed by atoms with Crippen LogP contribution >= 0.6 is 0 Å². The summed E-state index contributed by atoms with van der Waals surface area (Å²) in [7, 11) is -3.75. The molecule has 6 nitrogen and oxygen atoms in total. The fourth-order valence-corrected chi connectivity index (χ4v) is 3.79. The number of sulfonamides is 1. The SMILES string of the molecule is CCc1ccc(Nc2ccc(S(=O)(=O)N[C@H]3CCOC3=O)cc2)cc1. The summed E-state index contributed by atoms with van der Waals surface area (Å²) in [5.74, 6) is -0.530. The Bertz CT molecular complexity index is 846. The molecule has 1 saturated heterocycles. The topological polar surface area (TPSA) is 84.5 Å². The third-order valence-electron chi connectivity index (χ3n) is 4.05. The molecule has 132 valence electrons. The van der Waals surface area contributed by atoms with Crippen molar-refractivity contribution in [1.82, 2.24) is 4.72 Å². The van der Waals surface area contributed by atoms with E-state index in [-0.39, 0.29) is 11.5 Å². The van der Waals surface area contributed by atoms with Gasteiger partial charge >= 0.3 is 5.97 Å². The number of hydrogen-bond donors (Lipinski definition) is 2. The Morgan fingerprint density at radius 3 is 2.16 bits per heavy atom. The highest BCUT2D eigenvalue weighted by atomic mass is 32.2. The van der Waals surface area contributed by atoms with Crippen molar-refractivity contribution >= 4 is 27.4 Å². The van der Waals surface area contributed by atoms with Crippen molar-refractivity contribution in [2.75, 3.05) is 11.9 Å². The van der Waals surface area contributed by atoms with Crippen LogP contribution in [0.4, 0.5) is 11.4 Å². The first-order chi connectivity index (χ1) is 12.0. The van der Waals surface area contributed by atoms with Gasteiger partial charge in [0.05, 0.1) is 11.5 Å². The second kappa shape index (κ2) is 7.25. The van der Waals surface area contributed by atoms with Crippen LogP contribution in [0.25, 0.3) is 0 Å². The maximum atomic E-state index is 12.3. The third kappa shape index (κ3) is 4.18. The zero-order valence-electron chi connectivity index (χ0n) is 13.9. The number of esters is 1. The summed E-state index contributed by atoms with van der Waals surface area (Å²) in [5, 5.41) is 3.22. The average Bonchev–Trinajstić information content (AvgIpc) is 3.00. The smallest absolute Gasteiger partial charge is 0.324 e. The van der Waals surface area contributed by atoms with Gasteiger partial charge in [0.2, 0.25) is 10.0 Å². The van der Waals surface area contributed by atoms with Gasteiger partial charge in [-0.2, -0.15) is 4.72 Å². The zero-order valence-corrected chi connectivity index (χ0v) is 14.7. The predicted octanol–water partition coefficient (Wildman–Crippen LogP) is 2.59. The summed E-state index contributed by atoms with van der Waals surface area (Å²) in [4.78, 5) is 11.5. The summed E-state index contributed by atoms with van der Waals surface area (Å²) in [5.41, 5.74) is 2.96. The molecule has 1 fully saturated rings. The van der Waals surface area contributed by atoms with Gasteiger partial charge in [0.25, 0.3) is 0 Å². The van der Waals surface area contributed by atoms with Gasteiger partial charge in [-0.05, 0) is 48.4 Å². The van der Waals surface area contributed by atoms with E-state index in [2.05, 4.69) is 17.0 Å². The molecule has 0 unspecified atom stereocenters. The van der Waals surface area contributed by atoms with E-state index in [9.17, 15) is 13.2 Å². The minimum Gasteiger partial charge on any atom is -0.464 e. The van der Waals surface area contributed by atoms with Crippen LogP contribution < -0.4 is 10.0 Å². The molecule has 0 bridgehead atoms. The van der Waals surface area contributed by atoms with E-state index < -0.39 is 22.0 Å². The van der Waals surface area contributed by atoms with Crippen LogP contribution in [0.1, 0.15) is 18.9 Å². The van der Waals surface area contributed by atoms with Crippen molar-refractivity contribution in [3.05, 3.63) is 54.1 Å². The number of hydrogen-bond acceptors (Lipinski definition) is 5. The second-order valence-corrected chi connectivity index (χ2v) is 7.54. The van der Waals surface area contributed by atoms with Crippen molar-refractivity contribution in [3.8, 4) is 0 Å². The zero-order chi connectivity index (χ0) is 17.9. The Labute approximate surface area is 147 Å². The first kappa shape index (κ1) is 17.4. The number of anilines is 2. The van der Waals surface area contributed by atoms with Crippen LogP contribution in [0, 0.1) is 0 Å². The Morgan fingerprint density at radius 2 is 1.64 bits per heavy atom. The van der Waals surface area contributed by atoms with E-state index in [0.29, 0.717) is 6.42 Å². The molecule has 7 heteroatoms. The highest BCUT2D eigenvalue weighted by molar-refractivity contribution is 7.89. The molecule has 1 aliphatic rings. The van der Waals surface area contributed by atoms with E-state index in [0.717, 1.165) is 17.8 Å². The lowest BCUT2D eigenvalue weighted by Gasteiger charge is -2.11. The molecule has 2 N–H and O–H groups in total. The Hall–Kier alpha value is -2.38. The molecular weight excluding hydrogens is 340 g/mol. The summed E-state index contributed by atoms with van der Waals surface area (Å²) in [6.45, 7) is 2.34. The Morgan fingerprint density at radius 1 is 1.04 bits per heavy atom. The molecule has 0 spiro atoms. The number of ether oxygens (including phenoxy) is 1. The largest absolute Gasteiger partial charge is 0.464 e. The molecule has 3 rings (SSSR count). The van der Waals surface area contributed by atoms with Crippen LogP contribution in [0.2, 0.25) is 0 Å². The van der Waals surface area contributed by atoms with E-state index in [1.54, 1.807) is 12.1 Å². The molecule has 1 heterocycles. The minimum absolute atomic E-state index is 0.110. The minimum atomic E-state index is -3.75. The number of carbonyl (C=O) groups excluding carboxylic acids is 1. The van der Waals surface area contributed by atoms with Gasteiger partial charge in [0.15, 0.2) is 0 Å². The average molecular weight is 360 g/mol. The van der Waals surface area contributed by atoms with E-state index >= 15 is 0 Å². The normalized spacial score (nSPS) is 17.3. The molecule has 1 aliphatic heterocycles. The van der Waals surface area contributed by atoms with Gasteiger partial charge in [0.1, 0.15) is 6.04 Å². The van der Waals surface area contributed by atoms with Crippen molar-refractivity contribution in [2.24, 2.45) is 0 Å². The first-order valence-corrected chi connectivity index (χ1v) is 9.61. The summed E-state index contributed by atoms with van der Waals surface area (Å²) < 4.78 is 31.8. The molecule has 0 radical (unpaired) electrons. The van der Waals surface area contributed by atoms with Gasteiger partial charge < -0.3 is 10.1 Å². The molecule has 1 atom stereocenters. The third-order valence-corrected chi connectivity index (χ3v) is 5.54. The second-order valence-electron chi connectivity index (χ2n) is 5.83. The fourth-order valence-electron chi connectivity index (χ4n) is 2.57. The van der Waals surface area contributed by atoms with Gasteiger partial charge in [-0.15, -0.1) is 0 Å². The quantitative estimate of drug-likeness (QED) is 0.774. The molecule has 0 aliphatic carbocycles. The maximum Gasteiger partial charge on any atom is 0.324 e. The molecule has 0 saturated carbocycles. The molecular formula is C18H20N2O4S. The van der Waals surface area contributed by atoms with Crippen LogP contribution in [-0.4, -0.2) is 27.0 Å². The number of rotatable bonds is 6. The molecule has 0 aromatic heterocycles. The lowest BCUT2D eigenvalue weighted by atomic mass is 10.1. The fraction of sp³-hybridized carbons (Fsp3) is 0.278. The van der Waals surface area contributed by atoms with Gasteiger partial charge in [-0.1, -0.05) is 19.1 Å². The number of nitrogens with one attached hydrogen (secondary N) is 2. The van der Waals surface area contributed by atoms with Crippen molar-refractivity contribution in [3.63, 3.8) is 0 Å². The summed E-state index contributed by atoms with van der Waals surface area (Å²) in [6, 6.07) is 13.6. The number of benzene rings is 2. The Balaban J connectivity index is 1.69. The number of aryl methyl sites for hydroxylation is 1. The van der Waals surface area contributed by atoms with E-state index in [1.165, 1.54) is 17.7 Å². The van der Waals surface area contributed by atoms with Gasteiger partial charge in [-0.3, -0.25) is 4.79 Å². The van der Waals surface area contributed by atoms with Crippen molar-refractivity contribution in [1.29, 1.82) is 0 Å². The molecule has 2 aromatic rings. The first-order valence-electron chi connectivity index (χ1n) is 8.13.